The minimum atomic E-state index is -0.905. The number of benzene rings is 1. The zero-order valence-corrected chi connectivity index (χ0v) is 8.31. The molecule has 86 valence electrons. The summed E-state index contributed by atoms with van der Waals surface area (Å²) in [4.78, 5) is 20.5. The monoisotopic (exact) mass is 229 g/mol. The molecule has 0 aliphatic heterocycles. The lowest BCUT2D eigenvalue weighted by Gasteiger charge is -2.05. The molecule has 1 aromatic carbocycles. The molecule has 0 amide bonds. The summed E-state index contributed by atoms with van der Waals surface area (Å²) < 4.78 is 22.1. The van der Waals surface area contributed by atoms with Crippen LogP contribution < -0.4 is 4.74 Å². The van der Waals surface area contributed by atoms with Crippen LogP contribution in [0.1, 0.15) is 0 Å². The highest BCUT2D eigenvalue weighted by Crippen LogP contribution is 2.29. The molecule has 7 heteroatoms. The predicted molar refractivity (Wildman–Crippen MR) is 50.6 cm³/mol. The summed E-state index contributed by atoms with van der Waals surface area (Å²) in [5.74, 6) is -2.23. The van der Waals surface area contributed by atoms with E-state index in [0.717, 1.165) is 19.2 Å². The molecule has 6 nitrogen and oxygen atoms in total. The van der Waals surface area contributed by atoms with Crippen LogP contribution in [0.3, 0.4) is 0 Å². The molecule has 0 heterocycles. The summed E-state index contributed by atoms with van der Waals surface area (Å²) in [7, 11) is 1.13. The molecule has 0 saturated heterocycles. The topological polar surface area (TPSA) is 78.7 Å². The third kappa shape index (κ3) is 2.66. The first kappa shape index (κ1) is 11.9. The lowest BCUT2D eigenvalue weighted by molar-refractivity contribution is -0.386. The Balaban J connectivity index is 2.93. The molecule has 0 N–H and O–H groups in total. The van der Waals surface area contributed by atoms with Crippen LogP contribution in [0.25, 0.3) is 0 Å². The largest absolute Gasteiger partial charge is 0.473 e. The predicted octanol–water partition coefficient (Wildman–Crippen LogP) is 1.29. The molecule has 0 unspecified atom stereocenters. The van der Waals surface area contributed by atoms with E-state index in [9.17, 15) is 19.3 Å². The van der Waals surface area contributed by atoms with Gasteiger partial charge in [0.25, 0.3) is 0 Å². The number of halogens is 1. The van der Waals surface area contributed by atoms with Gasteiger partial charge in [-0.3, -0.25) is 10.1 Å². The number of rotatable bonds is 4. The molecular weight excluding hydrogens is 221 g/mol. The number of methoxy groups -OCH3 is 1. The summed E-state index contributed by atoms with van der Waals surface area (Å²) in [6.07, 6.45) is 0. The fraction of sp³-hybridized carbons (Fsp3) is 0.222. The highest BCUT2D eigenvalue weighted by molar-refractivity contribution is 5.71. The Morgan fingerprint density at radius 1 is 1.56 bits per heavy atom. The van der Waals surface area contributed by atoms with Crippen LogP contribution in [0, 0.1) is 15.9 Å². The molecule has 16 heavy (non-hydrogen) atoms. The Morgan fingerprint density at radius 3 is 2.81 bits per heavy atom. The van der Waals surface area contributed by atoms with Crippen molar-refractivity contribution < 1.29 is 23.6 Å². The minimum absolute atomic E-state index is 0.538. The SMILES string of the molecule is COC(=O)COc1c(F)cccc1[N+](=O)[O-]. The summed E-state index contributed by atoms with van der Waals surface area (Å²) in [5, 5.41) is 10.5. The normalized spacial score (nSPS) is 9.62. The van der Waals surface area contributed by atoms with Gasteiger partial charge in [-0.25, -0.2) is 9.18 Å². The standard InChI is InChI=1S/C9H8FNO5/c1-15-8(12)5-16-9-6(10)3-2-4-7(9)11(13)14/h2-4H,5H2,1H3. The lowest BCUT2D eigenvalue weighted by Crippen LogP contribution is -2.14. The van der Waals surface area contributed by atoms with E-state index in [1.165, 1.54) is 6.07 Å². The molecule has 0 fully saturated rings. The second kappa shape index (κ2) is 5.06. The first-order valence-corrected chi connectivity index (χ1v) is 4.18. The molecule has 0 bridgehead atoms. The zero-order valence-electron chi connectivity index (χ0n) is 8.31. The number of para-hydroxylation sites is 1. The third-order valence-corrected chi connectivity index (χ3v) is 1.70. The van der Waals surface area contributed by atoms with E-state index in [2.05, 4.69) is 4.74 Å². The smallest absolute Gasteiger partial charge is 0.343 e. The molecule has 0 atom stereocenters. The number of hydrogen-bond donors (Lipinski definition) is 0. The van der Waals surface area contributed by atoms with E-state index in [4.69, 9.17) is 4.74 Å². The van der Waals surface area contributed by atoms with Gasteiger partial charge >= 0.3 is 11.7 Å². The van der Waals surface area contributed by atoms with Crippen LogP contribution in [-0.2, 0) is 9.53 Å². The number of nitrogens with zero attached hydrogens (tertiary/aromatic N) is 1. The number of nitro groups is 1. The molecule has 1 rings (SSSR count). The van der Waals surface area contributed by atoms with Crippen molar-refractivity contribution in [1.82, 2.24) is 0 Å². The van der Waals surface area contributed by atoms with Crippen LogP contribution in [0.4, 0.5) is 10.1 Å². The average molecular weight is 229 g/mol. The van der Waals surface area contributed by atoms with Crippen molar-refractivity contribution in [3.63, 3.8) is 0 Å². The van der Waals surface area contributed by atoms with Crippen LogP contribution >= 0.6 is 0 Å². The van der Waals surface area contributed by atoms with Gasteiger partial charge in [-0.15, -0.1) is 0 Å². The second-order valence-corrected chi connectivity index (χ2v) is 2.71. The lowest BCUT2D eigenvalue weighted by atomic mass is 10.3. The minimum Gasteiger partial charge on any atom is -0.473 e. The first-order valence-electron chi connectivity index (χ1n) is 4.18. The highest BCUT2D eigenvalue weighted by Gasteiger charge is 2.20. The first-order chi connectivity index (χ1) is 7.56. The molecule has 0 aromatic heterocycles. The van der Waals surface area contributed by atoms with Crippen LogP contribution in [0.2, 0.25) is 0 Å². The summed E-state index contributed by atoms with van der Waals surface area (Å²) in [6, 6.07) is 3.26. The number of esters is 1. The van der Waals surface area contributed by atoms with Crippen molar-refractivity contribution in [2.24, 2.45) is 0 Å². The van der Waals surface area contributed by atoms with Crippen LogP contribution in [0.5, 0.6) is 5.75 Å². The van der Waals surface area contributed by atoms with Gasteiger partial charge in [-0.2, -0.15) is 0 Å². The molecule has 0 aliphatic rings. The zero-order chi connectivity index (χ0) is 12.1. The van der Waals surface area contributed by atoms with E-state index in [1.807, 2.05) is 0 Å². The van der Waals surface area contributed by atoms with Crippen molar-refractivity contribution in [1.29, 1.82) is 0 Å². The van der Waals surface area contributed by atoms with E-state index in [0.29, 0.717) is 0 Å². The van der Waals surface area contributed by atoms with Gasteiger partial charge in [0.05, 0.1) is 12.0 Å². The summed E-state index contributed by atoms with van der Waals surface area (Å²) >= 11 is 0. The maximum atomic E-state index is 13.2. The molecule has 1 aromatic rings. The maximum absolute atomic E-state index is 13.2. The van der Waals surface area contributed by atoms with E-state index in [-0.39, 0.29) is 0 Å². The Morgan fingerprint density at radius 2 is 2.25 bits per heavy atom. The van der Waals surface area contributed by atoms with Gasteiger partial charge in [-0.1, -0.05) is 6.07 Å². The Bertz CT molecular complexity index is 420. The van der Waals surface area contributed by atoms with Gasteiger partial charge in [0.2, 0.25) is 5.75 Å². The van der Waals surface area contributed by atoms with Crippen molar-refractivity contribution in [2.75, 3.05) is 13.7 Å². The van der Waals surface area contributed by atoms with Crippen molar-refractivity contribution in [3.8, 4) is 5.75 Å². The fourth-order valence-corrected chi connectivity index (χ4v) is 0.974. The van der Waals surface area contributed by atoms with Crippen molar-refractivity contribution in [2.45, 2.75) is 0 Å². The number of carbonyl (C=O) groups is 1. The van der Waals surface area contributed by atoms with Crippen LogP contribution in [-0.4, -0.2) is 24.6 Å². The number of ether oxygens (including phenoxy) is 2. The molecule has 0 radical (unpaired) electrons. The summed E-state index contributed by atoms with van der Waals surface area (Å²) in [5.41, 5.74) is -0.538. The second-order valence-electron chi connectivity index (χ2n) is 2.71. The Kier molecular flexibility index (Phi) is 3.76. The molecule has 0 aliphatic carbocycles. The van der Waals surface area contributed by atoms with Gasteiger partial charge in [0.1, 0.15) is 0 Å². The quantitative estimate of drug-likeness (QED) is 0.441. The van der Waals surface area contributed by atoms with E-state index >= 15 is 0 Å². The molecular formula is C9H8FNO5. The maximum Gasteiger partial charge on any atom is 0.343 e. The van der Waals surface area contributed by atoms with Gasteiger partial charge < -0.3 is 9.47 Å². The van der Waals surface area contributed by atoms with Gasteiger partial charge in [0, 0.05) is 6.07 Å². The highest BCUT2D eigenvalue weighted by atomic mass is 19.1. The number of hydrogen-bond acceptors (Lipinski definition) is 5. The van der Waals surface area contributed by atoms with E-state index < -0.39 is 34.8 Å². The summed E-state index contributed by atoms with van der Waals surface area (Å²) in [6.45, 7) is -0.585. The molecule has 0 spiro atoms. The molecule has 0 saturated carbocycles. The average Bonchev–Trinajstić information content (AvgIpc) is 2.26. The number of carbonyl (C=O) groups excluding carboxylic acids is 1. The van der Waals surface area contributed by atoms with Gasteiger partial charge in [-0.05, 0) is 6.07 Å². The van der Waals surface area contributed by atoms with Gasteiger partial charge in [0.15, 0.2) is 12.4 Å². The third-order valence-electron chi connectivity index (χ3n) is 1.70. The Labute approximate surface area is 89.7 Å². The fourth-order valence-electron chi connectivity index (χ4n) is 0.974. The van der Waals surface area contributed by atoms with Crippen molar-refractivity contribution in [3.05, 3.63) is 34.1 Å². The van der Waals surface area contributed by atoms with E-state index in [1.54, 1.807) is 0 Å². The number of nitro benzene ring substituents is 1. The van der Waals surface area contributed by atoms with Crippen molar-refractivity contribution >= 4 is 11.7 Å². The Hall–Kier alpha value is -2.18. The van der Waals surface area contributed by atoms with Crippen LogP contribution in [0.15, 0.2) is 18.2 Å².